The summed E-state index contributed by atoms with van der Waals surface area (Å²) in [5, 5.41) is 0. The third-order valence-electron chi connectivity index (χ3n) is 6.00. The zero-order valence-electron chi connectivity index (χ0n) is 18.6. The van der Waals surface area contributed by atoms with Crippen LogP contribution in [-0.2, 0) is 20.7 Å². The third-order valence-corrected chi connectivity index (χ3v) is 6.00. The quantitative estimate of drug-likeness (QED) is 0.593. The van der Waals surface area contributed by atoms with Crippen LogP contribution in [-0.4, -0.2) is 66.5 Å². The van der Waals surface area contributed by atoms with E-state index in [-0.39, 0.29) is 36.2 Å². The van der Waals surface area contributed by atoms with Crippen LogP contribution in [0.5, 0.6) is 0 Å². The number of amides is 2. The molecule has 0 aliphatic carbocycles. The van der Waals surface area contributed by atoms with Gasteiger partial charge in [-0.15, -0.1) is 0 Å². The Morgan fingerprint density at radius 2 is 1.94 bits per heavy atom. The smallest absolute Gasteiger partial charge is 0.248 e. The van der Waals surface area contributed by atoms with Crippen LogP contribution in [0.1, 0.15) is 24.1 Å². The molecule has 0 radical (unpaired) electrons. The molecule has 3 rings (SSSR count). The maximum Gasteiger partial charge on any atom is 0.248 e. The number of likely N-dealkylation sites (N-methyl/N-ethyl adjacent to an activating group) is 1. The molecule has 0 unspecified atom stereocenters. The van der Waals surface area contributed by atoms with Crippen LogP contribution in [0.4, 0.5) is 4.39 Å². The summed E-state index contributed by atoms with van der Waals surface area (Å²) in [5.41, 5.74) is 1.72. The molecule has 1 atom stereocenters. The van der Waals surface area contributed by atoms with Gasteiger partial charge in [-0.3, -0.25) is 14.6 Å². The minimum Gasteiger partial charge on any atom is -0.375 e. The van der Waals surface area contributed by atoms with Gasteiger partial charge < -0.3 is 14.5 Å². The SMILES string of the molecule is COCC(=O)N(C)[C@H](Cc1ccc(F)cc1)C1CCN(C(=O)/C=C/c2ccccn2)CC1. The van der Waals surface area contributed by atoms with Crippen molar-refractivity contribution in [3.8, 4) is 0 Å². The number of ether oxygens (including phenoxy) is 1. The Morgan fingerprint density at radius 3 is 2.56 bits per heavy atom. The highest BCUT2D eigenvalue weighted by Crippen LogP contribution is 2.27. The minimum absolute atomic E-state index is 0.0199. The van der Waals surface area contributed by atoms with Crippen LogP contribution in [0.3, 0.4) is 0 Å². The van der Waals surface area contributed by atoms with Crippen molar-refractivity contribution in [1.82, 2.24) is 14.8 Å². The predicted octanol–water partition coefficient (Wildman–Crippen LogP) is 3.19. The number of nitrogens with zero attached hydrogens (tertiary/aromatic N) is 3. The summed E-state index contributed by atoms with van der Waals surface area (Å²) in [7, 11) is 3.30. The number of methoxy groups -OCH3 is 1. The first kappa shape index (κ1) is 23.6. The molecule has 170 valence electrons. The first-order valence-corrected chi connectivity index (χ1v) is 10.8. The Balaban J connectivity index is 1.64. The molecule has 0 N–H and O–H groups in total. The molecule has 0 saturated carbocycles. The van der Waals surface area contributed by atoms with Crippen LogP contribution in [0.25, 0.3) is 6.08 Å². The van der Waals surface area contributed by atoms with Crippen LogP contribution in [0.15, 0.2) is 54.7 Å². The van der Waals surface area contributed by atoms with Crippen molar-refractivity contribution >= 4 is 17.9 Å². The average molecular weight is 440 g/mol. The van der Waals surface area contributed by atoms with E-state index in [0.29, 0.717) is 19.5 Å². The van der Waals surface area contributed by atoms with Crippen molar-refractivity contribution in [2.45, 2.75) is 25.3 Å². The standard InChI is InChI=1S/C25H30FN3O3/c1-28(25(31)18-32-2)23(17-19-6-8-21(26)9-7-19)20-12-15-29(16-13-20)24(30)11-10-22-5-3-4-14-27-22/h3-11,14,20,23H,12-13,15-18H2,1-2H3/b11-10+/t23-/m1/s1. The number of pyridine rings is 1. The molecule has 0 bridgehead atoms. The molecule has 1 aliphatic rings. The zero-order chi connectivity index (χ0) is 22.9. The number of piperidine rings is 1. The molecule has 1 fully saturated rings. The van der Waals surface area contributed by atoms with Crippen LogP contribution < -0.4 is 0 Å². The summed E-state index contributed by atoms with van der Waals surface area (Å²) in [4.78, 5) is 32.9. The third kappa shape index (κ3) is 6.47. The topological polar surface area (TPSA) is 62.7 Å². The number of carbonyl (C=O) groups is 2. The summed E-state index contributed by atoms with van der Waals surface area (Å²) < 4.78 is 18.4. The Hall–Kier alpha value is -3.06. The highest BCUT2D eigenvalue weighted by Gasteiger charge is 2.32. The van der Waals surface area contributed by atoms with E-state index in [4.69, 9.17) is 4.74 Å². The molecule has 2 amide bonds. The Morgan fingerprint density at radius 1 is 1.22 bits per heavy atom. The van der Waals surface area contributed by atoms with E-state index >= 15 is 0 Å². The molecule has 1 aromatic carbocycles. The Bertz CT molecular complexity index is 910. The first-order valence-electron chi connectivity index (χ1n) is 10.8. The maximum absolute atomic E-state index is 13.3. The minimum atomic E-state index is -0.278. The van der Waals surface area contributed by atoms with Gasteiger partial charge in [-0.25, -0.2) is 4.39 Å². The van der Waals surface area contributed by atoms with Crippen molar-refractivity contribution < 1.29 is 18.7 Å². The van der Waals surface area contributed by atoms with Crippen molar-refractivity contribution in [2.75, 3.05) is 33.9 Å². The highest BCUT2D eigenvalue weighted by molar-refractivity contribution is 5.91. The molecule has 32 heavy (non-hydrogen) atoms. The summed E-state index contributed by atoms with van der Waals surface area (Å²) in [6.45, 7) is 1.27. The predicted molar refractivity (Wildman–Crippen MR) is 121 cm³/mol. The van der Waals surface area contributed by atoms with E-state index in [9.17, 15) is 14.0 Å². The lowest BCUT2D eigenvalue weighted by molar-refractivity contribution is -0.138. The molecular formula is C25H30FN3O3. The number of hydrogen-bond donors (Lipinski definition) is 0. The van der Waals surface area contributed by atoms with Crippen molar-refractivity contribution in [1.29, 1.82) is 0 Å². The highest BCUT2D eigenvalue weighted by atomic mass is 19.1. The van der Waals surface area contributed by atoms with Crippen molar-refractivity contribution in [2.24, 2.45) is 5.92 Å². The van der Waals surface area contributed by atoms with Gasteiger partial charge in [-0.05, 0) is 61.1 Å². The van der Waals surface area contributed by atoms with Crippen LogP contribution in [0, 0.1) is 11.7 Å². The molecule has 1 aromatic heterocycles. The van der Waals surface area contributed by atoms with E-state index in [1.807, 2.05) is 23.1 Å². The average Bonchev–Trinajstić information content (AvgIpc) is 2.82. The second-order valence-corrected chi connectivity index (χ2v) is 8.09. The lowest BCUT2D eigenvalue weighted by Crippen LogP contribution is -2.49. The lowest BCUT2D eigenvalue weighted by Gasteiger charge is -2.40. The number of hydrogen-bond acceptors (Lipinski definition) is 4. The van der Waals surface area contributed by atoms with E-state index < -0.39 is 0 Å². The van der Waals surface area contributed by atoms with Gasteiger partial charge >= 0.3 is 0 Å². The molecule has 6 nitrogen and oxygen atoms in total. The fourth-order valence-electron chi connectivity index (χ4n) is 4.13. The van der Waals surface area contributed by atoms with Gasteiger partial charge in [0.1, 0.15) is 12.4 Å². The number of benzene rings is 1. The number of carbonyl (C=O) groups excluding carboxylic acids is 2. The fraction of sp³-hybridized carbons (Fsp3) is 0.400. The van der Waals surface area contributed by atoms with E-state index in [0.717, 1.165) is 24.1 Å². The molecule has 0 spiro atoms. The second-order valence-electron chi connectivity index (χ2n) is 8.09. The van der Waals surface area contributed by atoms with Gasteiger partial charge in [0.2, 0.25) is 11.8 Å². The van der Waals surface area contributed by atoms with Crippen molar-refractivity contribution in [3.05, 3.63) is 71.8 Å². The van der Waals surface area contributed by atoms with Gasteiger partial charge in [0.25, 0.3) is 0 Å². The normalized spacial score (nSPS) is 15.7. The number of likely N-dealkylation sites (tertiary alicyclic amines) is 1. The van der Waals surface area contributed by atoms with Gasteiger partial charge in [0.15, 0.2) is 0 Å². The number of rotatable bonds is 8. The van der Waals surface area contributed by atoms with E-state index in [1.54, 1.807) is 42.4 Å². The second kappa shape index (κ2) is 11.5. The number of aromatic nitrogens is 1. The molecule has 2 heterocycles. The summed E-state index contributed by atoms with van der Waals surface area (Å²) in [5.74, 6) is -0.168. The van der Waals surface area contributed by atoms with Gasteiger partial charge in [0, 0.05) is 45.6 Å². The Labute approximate surface area is 188 Å². The summed E-state index contributed by atoms with van der Waals surface area (Å²) in [6.07, 6.45) is 7.19. The summed E-state index contributed by atoms with van der Waals surface area (Å²) >= 11 is 0. The van der Waals surface area contributed by atoms with Crippen LogP contribution >= 0.6 is 0 Å². The van der Waals surface area contributed by atoms with E-state index in [1.165, 1.54) is 19.2 Å². The fourth-order valence-corrected chi connectivity index (χ4v) is 4.13. The van der Waals surface area contributed by atoms with Crippen molar-refractivity contribution in [3.63, 3.8) is 0 Å². The Kier molecular flexibility index (Phi) is 8.50. The molecule has 1 saturated heterocycles. The van der Waals surface area contributed by atoms with Gasteiger partial charge in [0.05, 0.1) is 5.69 Å². The van der Waals surface area contributed by atoms with Gasteiger partial charge in [-0.2, -0.15) is 0 Å². The molecule has 7 heteroatoms. The lowest BCUT2D eigenvalue weighted by atomic mass is 9.85. The molecule has 2 aromatic rings. The van der Waals surface area contributed by atoms with Crippen LogP contribution in [0.2, 0.25) is 0 Å². The number of halogens is 1. The largest absolute Gasteiger partial charge is 0.375 e. The zero-order valence-corrected chi connectivity index (χ0v) is 18.6. The van der Waals surface area contributed by atoms with E-state index in [2.05, 4.69) is 4.98 Å². The monoisotopic (exact) mass is 439 g/mol. The maximum atomic E-state index is 13.3. The summed E-state index contributed by atoms with van der Waals surface area (Å²) in [6, 6.07) is 11.9. The van der Waals surface area contributed by atoms with Gasteiger partial charge in [-0.1, -0.05) is 18.2 Å². The molecule has 1 aliphatic heterocycles. The molecular weight excluding hydrogens is 409 g/mol. The first-order chi connectivity index (χ1) is 15.5.